The van der Waals surface area contributed by atoms with Gasteiger partial charge in [-0.05, 0) is 6.08 Å². The van der Waals surface area contributed by atoms with E-state index in [1.165, 1.54) is 6.08 Å². The molecule has 0 amide bonds. The van der Waals surface area contributed by atoms with Gasteiger partial charge in [0.15, 0.2) is 5.78 Å². The normalized spacial score (nSPS) is 9.90. The first-order chi connectivity index (χ1) is 4.66. The van der Waals surface area contributed by atoms with Crippen LogP contribution in [0.1, 0.15) is 20.3 Å². The van der Waals surface area contributed by atoms with Crippen molar-refractivity contribution in [2.24, 2.45) is 0 Å². The van der Waals surface area contributed by atoms with Crippen molar-refractivity contribution < 1.29 is 4.79 Å². The Labute approximate surface area is 62.3 Å². The molecule has 0 atom stereocenters. The van der Waals surface area contributed by atoms with Crippen molar-refractivity contribution in [1.29, 1.82) is 0 Å². The Morgan fingerprint density at radius 1 is 1.70 bits per heavy atom. The van der Waals surface area contributed by atoms with Gasteiger partial charge >= 0.3 is 0 Å². The summed E-state index contributed by atoms with van der Waals surface area (Å²) in [6.45, 7) is 8.24. The van der Waals surface area contributed by atoms with Crippen LogP contribution in [-0.4, -0.2) is 18.4 Å². The summed E-state index contributed by atoms with van der Waals surface area (Å²) in [4.78, 5) is 10.6. The van der Waals surface area contributed by atoms with Gasteiger partial charge in [-0.25, -0.2) is 0 Å². The zero-order chi connectivity index (χ0) is 7.98. The van der Waals surface area contributed by atoms with Crippen LogP contribution in [0.3, 0.4) is 0 Å². The monoisotopic (exact) mass is 141 g/mol. The van der Waals surface area contributed by atoms with Crippen molar-refractivity contribution >= 4 is 5.78 Å². The molecular weight excluding hydrogens is 126 g/mol. The van der Waals surface area contributed by atoms with E-state index in [4.69, 9.17) is 0 Å². The number of rotatable bonds is 5. The fourth-order valence-corrected chi connectivity index (χ4v) is 0.586. The third kappa shape index (κ3) is 5.51. The van der Waals surface area contributed by atoms with E-state index in [0.717, 1.165) is 6.54 Å². The first kappa shape index (κ1) is 9.37. The zero-order valence-corrected chi connectivity index (χ0v) is 6.68. The Hall–Kier alpha value is -0.630. The molecule has 0 aliphatic carbocycles. The molecule has 0 rings (SSSR count). The van der Waals surface area contributed by atoms with Crippen LogP contribution in [0.5, 0.6) is 0 Å². The van der Waals surface area contributed by atoms with Crippen molar-refractivity contribution in [2.75, 3.05) is 6.54 Å². The van der Waals surface area contributed by atoms with Gasteiger partial charge in [-0.3, -0.25) is 4.79 Å². The highest BCUT2D eigenvalue weighted by Crippen LogP contribution is 1.83. The number of ketones is 1. The van der Waals surface area contributed by atoms with Crippen molar-refractivity contribution in [3.05, 3.63) is 12.7 Å². The van der Waals surface area contributed by atoms with Crippen LogP contribution in [0.15, 0.2) is 12.7 Å². The molecule has 0 saturated carbocycles. The molecule has 2 heteroatoms. The number of hydrogen-bond donors (Lipinski definition) is 1. The van der Waals surface area contributed by atoms with E-state index in [0.29, 0.717) is 12.5 Å². The van der Waals surface area contributed by atoms with E-state index in [2.05, 4.69) is 25.7 Å². The fourth-order valence-electron chi connectivity index (χ4n) is 0.586. The molecule has 0 radical (unpaired) electrons. The van der Waals surface area contributed by atoms with Crippen molar-refractivity contribution in [3.63, 3.8) is 0 Å². The molecule has 0 aromatic heterocycles. The van der Waals surface area contributed by atoms with E-state index in [-0.39, 0.29) is 5.78 Å². The highest BCUT2D eigenvalue weighted by atomic mass is 16.1. The van der Waals surface area contributed by atoms with Crippen LogP contribution < -0.4 is 5.32 Å². The molecule has 0 aromatic rings. The summed E-state index contributed by atoms with van der Waals surface area (Å²) in [7, 11) is 0. The lowest BCUT2D eigenvalue weighted by Crippen LogP contribution is -2.24. The maximum Gasteiger partial charge on any atom is 0.156 e. The van der Waals surface area contributed by atoms with Gasteiger partial charge in [0.1, 0.15) is 0 Å². The first-order valence-corrected chi connectivity index (χ1v) is 3.55. The molecule has 0 aromatic carbocycles. The minimum Gasteiger partial charge on any atom is -0.314 e. The smallest absolute Gasteiger partial charge is 0.156 e. The van der Waals surface area contributed by atoms with E-state index in [9.17, 15) is 4.79 Å². The maximum atomic E-state index is 10.6. The van der Waals surface area contributed by atoms with Crippen molar-refractivity contribution in [3.8, 4) is 0 Å². The van der Waals surface area contributed by atoms with Crippen molar-refractivity contribution in [2.45, 2.75) is 26.3 Å². The zero-order valence-electron chi connectivity index (χ0n) is 6.68. The quantitative estimate of drug-likeness (QED) is 0.581. The number of carbonyl (C=O) groups excluding carboxylic acids is 1. The van der Waals surface area contributed by atoms with Crippen LogP contribution in [-0.2, 0) is 4.79 Å². The second-order valence-electron chi connectivity index (χ2n) is 2.53. The average molecular weight is 141 g/mol. The van der Waals surface area contributed by atoms with Crippen molar-refractivity contribution in [1.82, 2.24) is 5.32 Å². The summed E-state index contributed by atoms with van der Waals surface area (Å²) in [6.07, 6.45) is 1.92. The van der Waals surface area contributed by atoms with E-state index in [1.807, 2.05) is 0 Å². The minimum absolute atomic E-state index is 0.105. The van der Waals surface area contributed by atoms with Crippen LogP contribution in [0, 0.1) is 0 Å². The van der Waals surface area contributed by atoms with Gasteiger partial charge in [0.05, 0.1) is 0 Å². The van der Waals surface area contributed by atoms with Gasteiger partial charge in [-0.2, -0.15) is 0 Å². The lowest BCUT2D eigenvalue weighted by Gasteiger charge is -2.04. The number of carbonyl (C=O) groups is 1. The molecule has 0 saturated heterocycles. The third-order valence-corrected chi connectivity index (χ3v) is 1.15. The molecule has 2 nitrogen and oxygen atoms in total. The predicted octanol–water partition coefficient (Wildman–Crippen LogP) is 1.13. The predicted molar refractivity (Wildman–Crippen MR) is 43.0 cm³/mol. The van der Waals surface area contributed by atoms with Gasteiger partial charge in [0, 0.05) is 19.0 Å². The summed E-state index contributed by atoms with van der Waals surface area (Å²) < 4.78 is 0. The molecule has 0 spiro atoms. The first-order valence-electron chi connectivity index (χ1n) is 3.55. The largest absolute Gasteiger partial charge is 0.314 e. The second-order valence-corrected chi connectivity index (χ2v) is 2.53. The molecule has 0 unspecified atom stereocenters. The van der Waals surface area contributed by atoms with Gasteiger partial charge in [0.2, 0.25) is 0 Å². The summed E-state index contributed by atoms with van der Waals surface area (Å²) >= 11 is 0. The second kappa shape index (κ2) is 5.18. The molecule has 0 bridgehead atoms. The molecule has 58 valence electrons. The van der Waals surface area contributed by atoms with E-state index >= 15 is 0 Å². The van der Waals surface area contributed by atoms with E-state index < -0.39 is 0 Å². The van der Waals surface area contributed by atoms with E-state index in [1.54, 1.807) is 0 Å². The summed E-state index contributed by atoms with van der Waals surface area (Å²) in [5, 5.41) is 3.14. The Morgan fingerprint density at radius 2 is 2.30 bits per heavy atom. The van der Waals surface area contributed by atoms with Gasteiger partial charge in [-0.1, -0.05) is 20.4 Å². The van der Waals surface area contributed by atoms with Gasteiger partial charge < -0.3 is 5.32 Å². The standard InChI is InChI=1S/C8H15NO/c1-4-8(10)5-6-9-7(2)3/h4,7,9H,1,5-6H2,2-3H3. The third-order valence-electron chi connectivity index (χ3n) is 1.15. The molecule has 0 heterocycles. The Morgan fingerprint density at radius 3 is 2.70 bits per heavy atom. The molecule has 1 N–H and O–H groups in total. The summed E-state index contributed by atoms with van der Waals surface area (Å²) in [5.41, 5.74) is 0. The summed E-state index contributed by atoms with van der Waals surface area (Å²) in [6, 6.07) is 0.456. The highest BCUT2D eigenvalue weighted by Gasteiger charge is 1.95. The van der Waals surface area contributed by atoms with Crippen LogP contribution >= 0.6 is 0 Å². The topological polar surface area (TPSA) is 29.1 Å². The lowest BCUT2D eigenvalue weighted by molar-refractivity contribution is -0.114. The molecular formula is C8H15NO. The van der Waals surface area contributed by atoms with Gasteiger partial charge in [0.25, 0.3) is 0 Å². The van der Waals surface area contributed by atoms with Gasteiger partial charge in [-0.15, -0.1) is 0 Å². The highest BCUT2D eigenvalue weighted by molar-refractivity contribution is 5.89. The Bertz CT molecular complexity index is 118. The lowest BCUT2D eigenvalue weighted by atomic mass is 10.2. The van der Waals surface area contributed by atoms with Crippen LogP contribution in [0.4, 0.5) is 0 Å². The average Bonchev–Trinajstić information content (AvgIpc) is 1.87. The molecule has 10 heavy (non-hydrogen) atoms. The SMILES string of the molecule is C=CC(=O)CCNC(C)C. The molecule has 0 fully saturated rings. The Balaban J connectivity index is 3.19. The molecule has 0 aliphatic rings. The molecule has 0 aliphatic heterocycles. The number of allylic oxidation sites excluding steroid dienone is 1. The Kier molecular flexibility index (Phi) is 4.85. The van der Waals surface area contributed by atoms with Crippen LogP contribution in [0.25, 0.3) is 0 Å². The number of nitrogens with one attached hydrogen (secondary N) is 1. The maximum absolute atomic E-state index is 10.6. The fraction of sp³-hybridized carbons (Fsp3) is 0.625. The summed E-state index contributed by atoms with van der Waals surface area (Å²) in [5.74, 6) is 0.105. The number of hydrogen-bond acceptors (Lipinski definition) is 2. The van der Waals surface area contributed by atoms with Crippen LogP contribution in [0.2, 0.25) is 0 Å². The minimum atomic E-state index is 0.105.